The molecule has 1 aliphatic heterocycles. The number of hydrogen-bond acceptors (Lipinski definition) is 4. The van der Waals surface area contributed by atoms with Crippen LogP contribution in [0, 0.1) is 12.3 Å². The Hall–Kier alpha value is -0.970. The van der Waals surface area contributed by atoms with Gasteiger partial charge in [0, 0.05) is 30.6 Å². The Morgan fingerprint density at radius 1 is 1.47 bits per heavy atom. The van der Waals surface area contributed by atoms with Gasteiger partial charge in [0.2, 0.25) is 0 Å². The van der Waals surface area contributed by atoms with Crippen LogP contribution in [0.4, 0.5) is 0 Å². The van der Waals surface area contributed by atoms with Gasteiger partial charge in [-0.15, -0.1) is 0 Å². The lowest BCUT2D eigenvalue weighted by Gasteiger charge is -2.21. The molecule has 0 aromatic carbocycles. The normalized spacial score (nSPS) is 19.6. The van der Waals surface area contributed by atoms with Crippen LogP contribution >= 0.6 is 11.8 Å². The van der Waals surface area contributed by atoms with E-state index < -0.39 is 0 Å². The molecule has 0 saturated heterocycles. The minimum Gasteiger partial charge on any atom is -0.361 e. The van der Waals surface area contributed by atoms with Gasteiger partial charge in [-0.2, -0.15) is 5.10 Å². The number of aliphatic imine (C=N–C) groups is 1. The van der Waals surface area contributed by atoms with Gasteiger partial charge in [0.05, 0.1) is 12.2 Å². The predicted octanol–water partition coefficient (Wildman–Crippen LogP) is 2.73. The molecule has 1 aromatic rings. The van der Waals surface area contributed by atoms with Crippen molar-refractivity contribution in [1.29, 1.82) is 0 Å². The van der Waals surface area contributed by atoms with E-state index in [-0.39, 0.29) is 0 Å². The van der Waals surface area contributed by atoms with Crippen LogP contribution in [0.1, 0.15) is 38.4 Å². The quantitative estimate of drug-likeness (QED) is 0.925. The monoisotopic (exact) mass is 280 g/mol. The van der Waals surface area contributed by atoms with Gasteiger partial charge >= 0.3 is 0 Å². The number of aryl methyl sites for hydroxylation is 2. The standard InChI is InChI=1S/C14H24N4S/c1-10-11(9-18(5)17-10)7-15-13-16-8-12(19-13)6-14(2,3)4/h9,12H,6-8H2,1-5H3,(H,15,16). The highest BCUT2D eigenvalue weighted by molar-refractivity contribution is 8.14. The number of amidine groups is 1. The third-order valence-electron chi connectivity index (χ3n) is 3.10. The first kappa shape index (κ1) is 14.4. The SMILES string of the molecule is Cc1nn(C)cc1CNC1=NCC(CC(C)(C)C)S1. The molecule has 2 heterocycles. The van der Waals surface area contributed by atoms with E-state index in [1.165, 1.54) is 12.0 Å². The molecule has 0 aliphatic carbocycles. The zero-order valence-electron chi connectivity index (χ0n) is 12.5. The van der Waals surface area contributed by atoms with Crippen molar-refractivity contribution in [2.24, 2.45) is 17.5 Å². The smallest absolute Gasteiger partial charge is 0.157 e. The second kappa shape index (κ2) is 5.57. The minimum atomic E-state index is 0.378. The summed E-state index contributed by atoms with van der Waals surface area (Å²) in [4.78, 5) is 4.59. The zero-order valence-corrected chi connectivity index (χ0v) is 13.3. The summed E-state index contributed by atoms with van der Waals surface area (Å²) in [6.07, 6.45) is 3.27. The lowest BCUT2D eigenvalue weighted by atomic mass is 9.90. The van der Waals surface area contributed by atoms with E-state index in [1.807, 2.05) is 30.4 Å². The van der Waals surface area contributed by atoms with Gasteiger partial charge in [0.15, 0.2) is 5.17 Å². The molecule has 106 valence electrons. The van der Waals surface area contributed by atoms with Crippen LogP contribution < -0.4 is 5.32 Å². The molecule has 0 bridgehead atoms. The molecule has 1 aromatic heterocycles. The molecular formula is C14H24N4S. The van der Waals surface area contributed by atoms with Crippen LogP contribution in [0.25, 0.3) is 0 Å². The molecule has 4 nitrogen and oxygen atoms in total. The second-order valence-electron chi connectivity index (χ2n) is 6.42. The van der Waals surface area contributed by atoms with Crippen LogP contribution in [0.2, 0.25) is 0 Å². The lowest BCUT2D eigenvalue weighted by Crippen LogP contribution is -2.20. The number of rotatable bonds is 3. The Morgan fingerprint density at radius 3 is 2.79 bits per heavy atom. The van der Waals surface area contributed by atoms with Gasteiger partial charge in [-0.1, -0.05) is 32.5 Å². The number of aromatic nitrogens is 2. The summed E-state index contributed by atoms with van der Waals surface area (Å²) in [5.41, 5.74) is 2.71. The van der Waals surface area contributed by atoms with Gasteiger partial charge in [0.1, 0.15) is 0 Å². The Labute approximate surface area is 120 Å². The van der Waals surface area contributed by atoms with E-state index in [0.717, 1.165) is 24.0 Å². The Kier molecular flexibility index (Phi) is 4.23. The van der Waals surface area contributed by atoms with Crippen LogP contribution in [-0.4, -0.2) is 26.7 Å². The molecule has 5 heteroatoms. The summed E-state index contributed by atoms with van der Waals surface area (Å²) >= 11 is 1.88. The highest BCUT2D eigenvalue weighted by atomic mass is 32.2. The number of nitrogens with zero attached hydrogens (tertiary/aromatic N) is 3. The molecule has 1 atom stereocenters. The Morgan fingerprint density at radius 2 is 2.21 bits per heavy atom. The van der Waals surface area contributed by atoms with Crippen molar-refractivity contribution in [2.45, 2.75) is 45.9 Å². The van der Waals surface area contributed by atoms with Crippen molar-refractivity contribution in [3.05, 3.63) is 17.5 Å². The van der Waals surface area contributed by atoms with Crippen LogP contribution in [0.5, 0.6) is 0 Å². The molecular weight excluding hydrogens is 256 g/mol. The van der Waals surface area contributed by atoms with Crippen molar-refractivity contribution < 1.29 is 0 Å². The summed E-state index contributed by atoms with van der Waals surface area (Å²) in [5.74, 6) is 0. The van der Waals surface area contributed by atoms with E-state index in [2.05, 4.69) is 42.4 Å². The van der Waals surface area contributed by atoms with Gasteiger partial charge in [-0.25, -0.2) is 0 Å². The summed E-state index contributed by atoms with van der Waals surface area (Å²) < 4.78 is 1.86. The fourth-order valence-electron chi connectivity index (χ4n) is 2.30. The first-order valence-electron chi connectivity index (χ1n) is 6.77. The maximum atomic E-state index is 4.59. The molecule has 1 unspecified atom stereocenters. The number of hydrogen-bond donors (Lipinski definition) is 1. The Balaban J connectivity index is 1.81. The van der Waals surface area contributed by atoms with Crippen molar-refractivity contribution in [3.63, 3.8) is 0 Å². The predicted molar refractivity (Wildman–Crippen MR) is 82.5 cm³/mol. The lowest BCUT2D eigenvalue weighted by molar-refractivity contribution is 0.375. The minimum absolute atomic E-state index is 0.378. The largest absolute Gasteiger partial charge is 0.361 e. The second-order valence-corrected chi connectivity index (χ2v) is 7.71. The molecule has 0 spiro atoms. The van der Waals surface area contributed by atoms with E-state index in [1.54, 1.807) is 0 Å². The number of thioether (sulfide) groups is 1. The third-order valence-corrected chi connectivity index (χ3v) is 4.25. The highest BCUT2D eigenvalue weighted by Gasteiger charge is 2.24. The maximum absolute atomic E-state index is 4.59. The van der Waals surface area contributed by atoms with Crippen LogP contribution in [-0.2, 0) is 13.6 Å². The van der Waals surface area contributed by atoms with Crippen molar-refractivity contribution in [3.8, 4) is 0 Å². The van der Waals surface area contributed by atoms with Crippen molar-refractivity contribution in [2.75, 3.05) is 6.54 Å². The molecule has 0 amide bonds. The van der Waals surface area contributed by atoms with Crippen molar-refractivity contribution in [1.82, 2.24) is 15.1 Å². The van der Waals surface area contributed by atoms with Gasteiger partial charge in [0.25, 0.3) is 0 Å². The molecule has 0 saturated carbocycles. The van der Waals surface area contributed by atoms with E-state index in [4.69, 9.17) is 0 Å². The fraction of sp³-hybridized carbons (Fsp3) is 0.714. The fourth-order valence-corrected chi connectivity index (χ4v) is 3.65. The number of nitrogens with one attached hydrogen (secondary N) is 1. The molecule has 1 aliphatic rings. The first-order valence-corrected chi connectivity index (χ1v) is 7.65. The zero-order chi connectivity index (χ0) is 14.0. The van der Waals surface area contributed by atoms with Crippen LogP contribution in [0.15, 0.2) is 11.2 Å². The summed E-state index contributed by atoms with van der Waals surface area (Å²) in [7, 11) is 1.96. The molecule has 2 rings (SSSR count). The molecule has 19 heavy (non-hydrogen) atoms. The average molecular weight is 280 g/mol. The van der Waals surface area contributed by atoms with Crippen molar-refractivity contribution >= 4 is 16.9 Å². The molecule has 0 fully saturated rings. The van der Waals surface area contributed by atoms with Crippen LogP contribution in [0.3, 0.4) is 0 Å². The Bertz CT molecular complexity index is 470. The maximum Gasteiger partial charge on any atom is 0.157 e. The third kappa shape index (κ3) is 4.27. The van der Waals surface area contributed by atoms with Gasteiger partial charge < -0.3 is 5.32 Å². The van der Waals surface area contributed by atoms with E-state index in [0.29, 0.717) is 10.7 Å². The van der Waals surface area contributed by atoms with E-state index in [9.17, 15) is 0 Å². The van der Waals surface area contributed by atoms with Gasteiger partial charge in [-0.3, -0.25) is 9.67 Å². The average Bonchev–Trinajstić information content (AvgIpc) is 2.80. The summed E-state index contributed by atoms with van der Waals surface area (Å²) in [6, 6.07) is 0. The first-order chi connectivity index (χ1) is 8.83. The molecule has 0 radical (unpaired) electrons. The summed E-state index contributed by atoms with van der Waals surface area (Å²) in [5, 5.41) is 9.48. The van der Waals surface area contributed by atoms with E-state index >= 15 is 0 Å². The van der Waals surface area contributed by atoms with Gasteiger partial charge in [-0.05, 0) is 18.8 Å². The highest BCUT2D eigenvalue weighted by Crippen LogP contribution is 2.31. The topological polar surface area (TPSA) is 42.2 Å². The summed E-state index contributed by atoms with van der Waals surface area (Å²) in [6.45, 7) is 10.7. The molecule has 1 N–H and O–H groups in total.